The van der Waals surface area contributed by atoms with Crippen molar-refractivity contribution in [3.05, 3.63) is 12.3 Å². The number of carbonyl (C=O) groups excluding carboxylic acids is 3. The quantitative estimate of drug-likeness (QED) is 0.817. The molecule has 0 spiro atoms. The number of aromatic nitrogens is 2. The summed E-state index contributed by atoms with van der Waals surface area (Å²) in [6.45, 7) is 2.92. The zero-order valence-electron chi connectivity index (χ0n) is 13.3. The van der Waals surface area contributed by atoms with Crippen molar-refractivity contribution in [1.29, 1.82) is 0 Å². The minimum atomic E-state index is -0.969. The topological polar surface area (TPSA) is 96.3 Å². The van der Waals surface area contributed by atoms with Crippen LogP contribution in [0, 0.1) is 0 Å². The van der Waals surface area contributed by atoms with Gasteiger partial charge in [-0.3, -0.25) is 14.5 Å². The van der Waals surface area contributed by atoms with E-state index >= 15 is 0 Å². The highest BCUT2D eigenvalue weighted by Gasteiger charge is 2.44. The maximum Gasteiger partial charge on any atom is 0.325 e. The number of anilines is 1. The molecule has 23 heavy (non-hydrogen) atoms. The summed E-state index contributed by atoms with van der Waals surface area (Å²) >= 11 is 0. The van der Waals surface area contributed by atoms with E-state index in [9.17, 15) is 14.4 Å². The van der Waals surface area contributed by atoms with Gasteiger partial charge in [0, 0.05) is 6.07 Å². The van der Waals surface area contributed by atoms with Gasteiger partial charge in [0.2, 0.25) is 5.91 Å². The van der Waals surface area contributed by atoms with E-state index in [0.29, 0.717) is 11.9 Å². The standard InChI is InChI=1S/C15H21N5O3/c1-15(2)13(22)19(14(23)18-15)9-12(21)17-11-7-8-16-20(11)10-5-3-4-6-10/h7-8,10H,3-6,9H2,1-2H3,(H,17,21)(H,18,23). The molecule has 124 valence electrons. The SMILES string of the molecule is CC1(C)NC(=O)N(CC(=O)Nc2ccnn2C2CCCC2)C1=O. The van der Waals surface area contributed by atoms with Crippen LogP contribution in [-0.2, 0) is 9.59 Å². The molecule has 2 N–H and O–H groups in total. The summed E-state index contributed by atoms with van der Waals surface area (Å²) in [5, 5.41) is 9.58. The maximum absolute atomic E-state index is 12.2. The number of imide groups is 1. The molecule has 1 aliphatic heterocycles. The molecule has 1 aromatic rings. The van der Waals surface area contributed by atoms with Crippen molar-refractivity contribution in [3.63, 3.8) is 0 Å². The minimum absolute atomic E-state index is 0.302. The molecule has 0 radical (unpaired) electrons. The molecule has 1 saturated carbocycles. The van der Waals surface area contributed by atoms with Gasteiger partial charge in [-0.25, -0.2) is 9.48 Å². The van der Waals surface area contributed by atoms with Gasteiger partial charge in [-0.1, -0.05) is 12.8 Å². The molecular weight excluding hydrogens is 298 g/mol. The first-order chi connectivity index (χ1) is 10.9. The van der Waals surface area contributed by atoms with E-state index in [-0.39, 0.29) is 6.54 Å². The molecule has 2 heterocycles. The minimum Gasteiger partial charge on any atom is -0.324 e. The van der Waals surface area contributed by atoms with E-state index in [1.807, 2.05) is 4.68 Å². The van der Waals surface area contributed by atoms with Crippen LogP contribution in [0.2, 0.25) is 0 Å². The molecule has 0 unspecified atom stereocenters. The van der Waals surface area contributed by atoms with Gasteiger partial charge in [0.15, 0.2) is 0 Å². The van der Waals surface area contributed by atoms with E-state index in [0.717, 1.165) is 30.6 Å². The summed E-state index contributed by atoms with van der Waals surface area (Å²) in [4.78, 5) is 37.1. The Morgan fingerprint density at radius 2 is 2.09 bits per heavy atom. The number of nitrogens with zero attached hydrogens (tertiary/aromatic N) is 3. The van der Waals surface area contributed by atoms with Gasteiger partial charge in [-0.2, -0.15) is 5.10 Å². The van der Waals surface area contributed by atoms with E-state index < -0.39 is 23.4 Å². The summed E-state index contributed by atoms with van der Waals surface area (Å²) in [7, 11) is 0. The molecule has 0 aromatic carbocycles. The van der Waals surface area contributed by atoms with Crippen LogP contribution in [0.3, 0.4) is 0 Å². The second kappa shape index (κ2) is 5.68. The maximum atomic E-state index is 12.2. The highest BCUT2D eigenvalue weighted by molar-refractivity contribution is 6.09. The second-order valence-corrected chi connectivity index (χ2v) is 6.59. The van der Waals surface area contributed by atoms with Crippen LogP contribution in [0.15, 0.2) is 12.3 Å². The normalized spacial score (nSPS) is 20.9. The lowest BCUT2D eigenvalue weighted by Crippen LogP contribution is -2.41. The molecule has 2 aliphatic rings. The number of carbonyl (C=O) groups is 3. The van der Waals surface area contributed by atoms with E-state index in [4.69, 9.17) is 0 Å². The van der Waals surface area contributed by atoms with Crippen LogP contribution in [0.5, 0.6) is 0 Å². The fourth-order valence-corrected chi connectivity index (χ4v) is 3.14. The van der Waals surface area contributed by atoms with Gasteiger partial charge < -0.3 is 10.6 Å². The van der Waals surface area contributed by atoms with Crippen LogP contribution in [0.25, 0.3) is 0 Å². The Morgan fingerprint density at radius 1 is 1.39 bits per heavy atom. The number of urea groups is 1. The van der Waals surface area contributed by atoms with E-state index in [1.54, 1.807) is 26.1 Å². The highest BCUT2D eigenvalue weighted by atomic mass is 16.2. The van der Waals surface area contributed by atoms with Gasteiger partial charge in [-0.05, 0) is 26.7 Å². The average molecular weight is 319 g/mol. The van der Waals surface area contributed by atoms with Crippen molar-refractivity contribution in [3.8, 4) is 0 Å². The Morgan fingerprint density at radius 3 is 2.70 bits per heavy atom. The van der Waals surface area contributed by atoms with Crippen molar-refractivity contribution >= 4 is 23.7 Å². The number of nitrogens with one attached hydrogen (secondary N) is 2. The molecular formula is C15H21N5O3. The number of rotatable bonds is 4. The van der Waals surface area contributed by atoms with Crippen LogP contribution in [-0.4, -0.2) is 44.6 Å². The fraction of sp³-hybridized carbons (Fsp3) is 0.600. The van der Waals surface area contributed by atoms with Gasteiger partial charge in [0.25, 0.3) is 5.91 Å². The molecule has 4 amide bonds. The Labute approximate surface area is 134 Å². The van der Waals surface area contributed by atoms with Crippen molar-refractivity contribution in [2.45, 2.75) is 51.1 Å². The Kier molecular flexibility index (Phi) is 3.83. The third kappa shape index (κ3) is 2.93. The molecule has 3 rings (SSSR count). The largest absolute Gasteiger partial charge is 0.325 e. The van der Waals surface area contributed by atoms with E-state index in [1.165, 1.54) is 0 Å². The average Bonchev–Trinajstić information content (AvgIpc) is 3.16. The summed E-state index contributed by atoms with van der Waals surface area (Å²) < 4.78 is 1.82. The van der Waals surface area contributed by atoms with Crippen molar-refractivity contribution < 1.29 is 14.4 Å². The molecule has 0 atom stereocenters. The zero-order chi connectivity index (χ0) is 16.6. The third-order valence-corrected chi connectivity index (χ3v) is 4.35. The number of amides is 4. The fourth-order valence-electron chi connectivity index (χ4n) is 3.14. The zero-order valence-corrected chi connectivity index (χ0v) is 13.3. The van der Waals surface area contributed by atoms with Gasteiger partial charge in [0.1, 0.15) is 17.9 Å². The lowest BCUT2D eigenvalue weighted by atomic mass is 10.1. The lowest BCUT2D eigenvalue weighted by Gasteiger charge is -2.17. The first kappa shape index (κ1) is 15.5. The monoisotopic (exact) mass is 319 g/mol. The molecule has 2 fully saturated rings. The molecule has 1 saturated heterocycles. The van der Waals surface area contributed by atoms with Gasteiger partial charge >= 0.3 is 6.03 Å². The predicted molar refractivity (Wildman–Crippen MR) is 82.7 cm³/mol. The van der Waals surface area contributed by atoms with Crippen LogP contribution in [0.4, 0.5) is 10.6 Å². The van der Waals surface area contributed by atoms with Gasteiger partial charge in [-0.15, -0.1) is 0 Å². The molecule has 0 bridgehead atoms. The lowest BCUT2D eigenvalue weighted by molar-refractivity contribution is -0.132. The Hall–Kier alpha value is -2.38. The van der Waals surface area contributed by atoms with Crippen molar-refractivity contribution in [1.82, 2.24) is 20.0 Å². The molecule has 1 aliphatic carbocycles. The summed E-state index contributed by atoms with van der Waals surface area (Å²) in [6, 6.07) is 1.49. The number of hydrogen-bond acceptors (Lipinski definition) is 4. The first-order valence-electron chi connectivity index (χ1n) is 7.86. The summed E-state index contributed by atoms with van der Waals surface area (Å²) in [5.41, 5.74) is -0.969. The predicted octanol–water partition coefficient (Wildman–Crippen LogP) is 1.27. The summed E-state index contributed by atoms with van der Waals surface area (Å²) in [5.74, 6) is -0.207. The van der Waals surface area contributed by atoms with Crippen LogP contribution < -0.4 is 10.6 Å². The molecule has 1 aromatic heterocycles. The van der Waals surface area contributed by atoms with Crippen molar-refractivity contribution in [2.24, 2.45) is 0 Å². The smallest absolute Gasteiger partial charge is 0.324 e. The molecule has 8 nitrogen and oxygen atoms in total. The number of hydrogen-bond donors (Lipinski definition) is 2. The Balaban J connectivity index is 1.65. The summed E-state index contributed by atoms with van der Waals surface area (Å²) in [6.07, 6.45) is 6.06. The highest BCUT2D eigenvalue weighted by Crippen LogP contribution is 2.31. The van der Waals surface area contributed by atoms with Gasteiger partial charge in [0.05, 0.1) is 12.2 Å². The first-order valence-corrected chi connectivity index (χ1v) is 7.86. The third-order valence-electron chi connectivity index (χ3n) is 4.35. The molecule has 8 heteroatoms. The van der Waals surface area contributed by atoms with Crippen LogP contribution >= 0.6 is 0 Å². The second-order valence-electron chi connectivity index (χ2n) is 6.59. The van der Waals surface area contributed by atoms with Crippen molar-refractivity contribution in [2.75, 3.05) is 11.9 Å². The Bertz CT molecular complexity index is 645. The van der Waals surface area contributed by atoms with E-state index in [2.05, 4.69) is 15.7 Å². The van der Waals surface area contributed by atoms with Crippen LogP contribution in [0.1, 0.15) is 45.6 Å².